The molecular weight excluding hydrogens is 346 g/mol. The first-order valence-electron chi connectivity index (χ1n) is 8.61. The number of nitrogens with zero attached hydrogens (tertiary/aromatic N) is 5. The number of rotatable bonds is 5. The molecule has 0 aliphatic carbocycles. The van der Waals surface area contributed by atoms with E-state index < -0.39 is 0 Å². The number of imidazole rings is 1. The molecule has 1 amide bonds. The number of likely N-dealkylation sites (N-methyl/N-ethyl adjacent to an activating group) is 1. The summed E-state index contributed by atoms with van der Waals surface area (Å²) < 4.78 is 2.02. The van der Waals surface area contributed by atoms with Gasteiger partial charge in [-0.25, -0.2) is 4.98 Å². The number of amides is 1. The minimum absolute atomic E-state index is 0.0887. The molecule has 3 aromatic rings. The molecule has 3 aromatic heterocycles. The Hall–Kier alpha value is -2.51. The van der Waals surface area contributed by atoms with E-state index in [2.05, 4.69) is 32.4 Å². The highest BCUT2D eigenvalue weighted by Gasteiger charge is 2.32. The zero-order valence-electron chi connectivity index (χ0n) is 14.7. The van der Waals surface area contributed by atoms with Crippen LogP contribution >= 0.6 is 11.3 Å². The summed E-state index contributed by atoms with van der Waals surface area (Å²) in [4.78, 5) is 27.1. The Morgan fingerprint density at radius 3 is 3.04 bits per heavy atom. The van der Waals surface area contributed by atoms with Crippen molar-refractivity contribution < 1.29 is 4.79 Å². The van der Waals surface area contributed by atoms with E-state index in [9.17, 15) is 4.79 Å². The van der Waals surface area contributed by atoms with Crippen molar-refractivity contribution in [3.8, 4) is 0 Å². The van der Waals surface area contributed by atoms with E-state index in [4.69, 9.17) is 0 Å². The minimum atomic E-state index is -0.255. The van der Waals surface area contributed by atoms with Crippen molar-refractivity contribution in [2.75, 3.05) is 13.6 Å². The van der Waals surface area contributed by atoms with Crippen molar-refractivity contribution in [3.63, 3.8) is 0 Å². The lowest BCUT2D eigenvalue weighted by molar-refractivity contribution is -0.135. The first-order chi connectivity index (χ1) is 12.7. The fourth-order valence-electron chi connectivity index (χ4n) is 3.37. The summed E-state index contributed by atoms with van der Waals surface area (Å²) in [5.41, 5.74) is 1.97. The summed E-state index contributed by atoms with van der Waals surface area (Å²) in [6.45, 7) is 2.86. The highest BCUT2D eigenvalue weighted by Crippen LogP contribution is 2.25. The van der Waals surface area contributed by atoms with Gasteiger partial charge in [0.05, 0.1) is 24.3 Å². The van der Waals surface area contributed by atoms with Crippen LogP contribution in [0.5, 0.6) is 0 Å². The second kappa shape index (κ2) is 7.39. The maximum atomic E-state index is 13.1. The zero-order chi connectivity index (χ0) is 17.9. The van der Waals surface area contributed by atoms with E-state index in [-0.39, 0.29) is 11.9 Å². The van der Waals surface area contributed by atoms with Crippen LogP contribution in [0.3, 0.4) is 0 Å². The van der Waals surface area contributed by atoms with Gasteiger partial charge in [-0.1, -0.05) is 12.1 Å². The maximum Gasteiger partial charge on any atom is 0.247 e. The molecule has 6 nitrogen and oxygen atoms in total. The van der Waals surface area contributed by atoms with Crippen LogP contribution in [0.15, 0.2) is 54.4 Å². The van der Waals surface area contributed by atoms with Crippen LogP contribution in [0.4, 0.5) is 0 Å². The average Bonchev–Trinajstić information content (AvgIpc) is 3.33. The first-order valence-corrected chi connectivity index (χ1v) is 9.49. The van der Waals surface area contributed by atoms with Gasteiger partial charge in [-0.05, 0) is 23.6 Å². The predicted octanol–water partition coefficient (Wildman–Crippen LogP) is 2.56. The van der Waals surface area contributed by atoms with Gasteiger partial charge < -0.3 is 9.47 Å². The third-order valence-electron chi connectivity index (χ3n) is 4.64. The molecule has 0 N–H and O–H groups in total. The van der Waals surface area contributed by atoms with Crippen LogP contribution < -0.4 is 0 Å². The first kappa shape index (κ1) is 16.9. The summed E-state index contributed by atoms with van der Waals surface area (Å²) in [6.07, 6.45) is 5.39. The number of thiophene rings is 1. The lowest BCUT2D eigenvalue weighted by Gasteiger charge is -2.35. The fraction of sp³-hybridized carbons (Fsp3) is 0.316. The van der Waals surface area contributed by atoms with Crippen molar-refractivity contribution in [1.29, 1.82) is 0 Å². The highest BCUT2D eigenvalue weighted by molar-refractivity contribution is 7.09. The van der Waals surface area contributed by atoms with Crippen molar-refractivity contribution >= 4 is 17.2 Å². The molecule has 0 fully saturated rings. The van der Waals surface area contributed by atoms with Crippen LogP contribution in [-0.2, 0) is 24.4 Å². The molecule has 134 valence electrons. The number of hydrogen-bond donors (Lipinski definition) is 0. The Morgan fingerprint density at radius 1 is 1.35 bits per heavy atom. The lowest BCUT2D eigenvalue weighted by Crippen LogP contribution is -2.44. The average molecular weight is 367 g/mol. The molecule has 0 bridgehead atoms. The predicted molar refractivity (Wildman–Crippen MR) is 100 cm³/mol. The quantitative estimate of drug-likeness (QED) is 0.695. The molecular formula is C19H21N5OS. The van der Waals surface area contributed by atoms with E-state index in [1.54, 1.807) is 28.8 Å². The van der Waals surface area contributed by atoms with Gasteiger partial charge >= 0.3 is 0 Å². The van der Waals surface area contributed by atoms with Crippen LogP contribution in [0, 0.1) is 0 Å². The Kier molecular flexibility index (Phi) is 4.81. The molecule has 7 heteroatoms. The summed E-state index contributed by atoms with van der Waals surface area (Å²) in [5.74, 6) is 0.0887. The van der Waals surface area contributed by atoms with E-state index >= 15 is 0 Å². The Bertz CT molecular complexity index is 861. The number of carbonyl (C=O) groups excluding carboxylic acids is 1. The topological polar surface area (TPSA) is 54.3 Å². The van der Waals surface area contributed by atoms with E-state index in [0.29, 0.717) is 13.1 Å². The van der Waals surface area contributed by atoms with Crippen molar-refractivity contribution in [2.45, 2.75) is 25.7 Å². The van der Waals surface area contributed by atoms with Gasteiger partial charge in [-0.3, -0.25) is 14.7 Å². The third-order valence-corrected chi connectivity index (χ3v) is 5.51. The van der Waals surface area contributed by atoms with Gasteiger partial charge in [0.15, 0.2) is 0 Å². The summed E-state index contributed by atoms with van der Waals surface area (Å²) in [7, 11) is 1.84. The number of hydrogen-bond acceptors (Lipinski definition) is 5. The molecule has 0 aromatic carbocycles. The SMILES string of the molecule is CN(Cc1ccccn1)C(=O)C1CN(Cc2cccs2)Cc2cncn21. The second-order valence-electron chi connectivity index (χ2n) is 6.57. The summed E-state index contributed by atoms with van der Waals surface area (Å²) in [5, 5.41) is 2.09. The summed E-state index contributed by atoms with van der Waals surface area (Å²) in [6, 6.07) is 9.72. The van der Waals surface area contributed by atoms with E-state index in [0.717, 1.165) is 24.5 Å². The maximum absolute atomic E-state index is 13.1. The molecule has 0 saturated heterocycles. The molecule has 0 radical (unpaired) electrons. The van der Waals surface area contributed by atoms with Gasteiger partial charge in [0.1, 0.15) is 6.04 Å². The van der Waals surface area contributed by atoms with Crippen LogP contribution in [0.1, 0.15) is 22.3 Å². The normalized spacial score (nSPS) is 17.0. The Balaban J connectivity index is 1.51. The van der Waals surface area contributed by atoms with Gasteiger partial charge in [-0.15, -0.1) is 11.3 Å². The van der Waals surface area contributed by atoms with Gasteiger partial charge in [0, 0.05) is 44.0 Å². The molecule has 0 spiro atoms. The van der Waals surface area contributed by atoms with Crippen molar-refractivity contribution in [3.05, 3.63) is 70.7 Å². The van der Waals surface area contributed by atoms with Crippen LogP contribution in [0.2, 0.25) is 0 Å². The molecule has 1 aliphatic heterocycles. The fourth-order valence-corrected chi connectivity index (χ4v) is 4.11. The van der Waals surface area contributed by atoms with Gasteiger partial charge in [-0.2, -0.15) is 0 Å². The summed E-state index contributed by atoms with van der Waals surface area (Å²) >= 11 is 1.75. The van der Waals surface area contributed by atoms with Crippen LogP contribution in [0.25, 0.3) is 0 Å². The van der Waals surface area contributed by atoms with E-state index in [1.165, 1.54) is 4.88 Å². The standard InChI is InChI=1S/C19H21N5OS/c1-22(10-15-5-2-3-7-21-15)19(25)18-13-23(12-17-6-4-8-26-17)11-16-9-20-14-24(16)18/h2-9,14,18H,10-13H2,1H3. The Labute approximate surface area is 156 Å². The molecule has 4 rings (SSSR count). The second-order valence-corrected chi connectivity index (χ2v) is 7.60. The number of aromatic nitrogens is 3. The molecule has 1 atom stereocenters. The Morgan fingerprint density at radius 2 is 2.27 bits per heavy atom. The number of carbonyl (C=O) groups is 1. The molecule has 1 aliphatic rings. The molecule has 4 heterocycles. The van der Waals surface area contributed by atoms with E-state index in [1.807, 2.05) is 36.0 Å². The van der Waals surface area contributed by atoms with Gasteiger partial charge in [0.25, 0.3) is 0 Å². The zero-order valence-corrected chi connectivity index (χ0v) is 15.5. The largest absolute Gasteiger partial charge is 0.338 e. The molecule has 0 saturated carbocycles. The smallest absolute Gasteiger partial charge is 0.247 e. The minimum Gasteiger partial charge on any atom is -0.338 e. The van der Waals surface area contributed by atoms with Crippen molar-refractivity contribution in [2.24, 2.45) is 0 Å². The molecule has 26 heavy (non-hydrogen) atoms. The third kappa shape index (κ3) is 3.54. The number of pyridine rings is 1. The number of fused-ring (bicyclic) bond motifs is 1. The molecule has 1 unspecified atom stereocenters. The van der Waals surface area contributed by atoms with Crippen LogP contribution in [-0.4, -0.2) is 43.8 Å². The highest BCUT2D eigenvalue weighted by atomic mass is 32.1. The monoisotopic (exact) mass is 367 g/mol. The van der Waals surface area contributed by atoms with Gasteiger partial charge in [0.2, 0.25) is 5.91 Å². The van der Waals surface area contributed by atoms with Crippen molar-refractivity contribution in [1.82, 2.24) is 24.3 Å². The lowest BCUT2D eigenvalue weighted by atomic mass is 10.1.